The molecule has 5 heteroatoms. The van der Waals surface area contributed by atoms with Crippen LogP contribution in [0.1, 0.15) is 16.1 Å². The van der Waals surface area contributed by atoms with Gasteiger partial charge in [0, 0.05) is 6.07 Å². The number of furan rings is 1. The second-order valence-corrected chi connectivity index (χ2v) is 3.69. The van der Waals surface area contributed by atoms with Gasteiger partial charge in [-0.05, 0) is 25.1 Å². The van der Waals surface area contributed by atoms with Gasteiger partial charge < -0.3 is 14.5 Å². The Labute approximate surface area is 103 Å². The van der Waals surface area contributed by atoms with Crippen LogP contribution in [0, 0.1) is 12.7 Å². The third kappa shape index (κ3) is 2.34. The Morgan fingerprint density at radius 1 is 1.39 bits per heavy atom. The zero-order valence-corrected chi connectivity index (χ0v) is 9.99. The van der Waals surface area contributed by atoms with Gasteiger partial charge in [0.2, 0.25) is 0 Å². The summed E-state index contributed by atoms with van der Waals surface area (Å²) >= 11 is 0. The first-order valence-corrected chi connectivity index (χ1v) is 5.31. The molecule has 0 saturated heterocycles. The van der Waals surface area contributed by atoms with Gasteiger partial charge in [-0.3, -0.25) is 4.79 Å². The third-order valence-electron chi connectivity index (χ3n) is 2.52. The molecule has 0 radical (unpaired) electrons. The number of nitrogens with one attached hydrogen (secondary N) is 1. The SMILES string of the molecule is COc1cc(F)ccc1NC(=O)c1ccoc1C. The van der Waals surface area contributed by atoms with E-state index in [1.807, 2.05) is 0 Å². The normalized spacial score (nSPS) is 10.2. The molecule has 1 aromatic carbocycles. The number of hydrogen-bond acceptors (Lipinski definition) is 3. The van der Waals surface area contributed by atoms with Gasteiger partial charge in [-0.15, -0.1) is 0 Å². The molecular formula is C13H12FNO3. The van der Waals surface area contributed by atoms with E-state index in [4.69, 9.17) is 9.15 Å². The van der Waals surface area contributed by atoms with Gasteiger partial charge in [0.1, 0.15) is 17.3 Å². The quantitative estimate of drug-likeness (QED) is 0.909. The maximum absolute atomic E-state index is 13.0. The summed E-state index contributed by atoms with van der Waals surface area (Å²) in [5.41, 5.74) is 0.839. The first-order valence-electron chi connectivity index (χ1n) is 5.31. The number of carbonyl (C=O) groups is 1. The van der Waals surface area contributed by atoms with E-state index in [-0.39, 0.29) is 11.7 Å². The van der Waals surface area contributed by atoms with E-state index < -0.39 is 5.82 Å². The fourth-order valence-corrected chi connectivity index (χ4v) is 1.58. The van der Waals surface area contributed by atoms with E-state index in [2.05, 4.69) is 5.32 Å². The topological polar surface area (TPSA) is 51.5 Å². The van der Waals surface area contributed by atoms with Crippen molar-refractivity contribution in [2.75, 3.05) is 12.4 Å². The van der Waals surface area contributed by atoms with Crippen LogP contribution in [-0.4, -0.2) is 13.0 Å². The lowest BCUT2D eigenvalue weighted by Gasteiger charge is -2.09. The molecule has 1 N–H and O–H groups in total. The predicted octanol–water partition coefficient (Wildman–Crippen LogP) is 2.99. The van der Waals surface area contributed by atoms with Crippen molar-refractivity contribution in [2.24, 2.45) is 0 Å². The summed E-state index contributed by atoms with van der Waals surface area (Å²) in [5.74, 6) is 0.0357. The van der Waals surface area contributed by atoms with Gasteiger partial charge in [0.05, 0.1) is 24.6 Å². The van der Waals surface area contributed by atoms with Crippen molar-refractivity contribution in [3.05, 3.63) is 47.7 Å². The highest BCUT2D eigenvalue weighted by atomic mass is 19.1. The Bertz CT molecular complexity index is 577. The van der Waals surface area contributed by atoms with Gasteiger partial charge in [-0.2, -0.15) is 0 Å². The Morgan fingerprint density at radius 2 is 2.17 bits per heavy atom. The number of anilines is 1. The number of hydrogen-bond donors (Lipinski definition) is 1. The van der Waals surface area contributed by atoms with Crippen LogP contribution in [0.5, 0.6) is 5.75 Å². The first kappa shape index (κ1) is 12.2. The van der Waals surface area contributed by atoms with Crippen LogP contribution < -0.4 is 10.1 Å². The number of methoxy groups -OCH3 is 1. The maximum atomic E-state index is 13.0. The van der Waals surface area contributed by atoms with E-state index in [9.17, 15) is 9.18 Å². The molecule has 2 aromatic rings. The average Bonchev–Trinajstić information content (AvgIpc) is 2.77. The largest absolute Gasteiger partial charge is 0.494 e. The highest BCUT2D eigenvalue weighted by Crippen LogP contribution is 2.25. The Balaban J connectivity index is 2.24. The van der Waals surface area contributed by atoms with Crippen molar-refractivity contribution < 1.29 is 18.3 Å². The molecule has 18 heavy (non-hydrogen) atoms. The molecule has 1 amide bonds. The van der Waals surface area contributed by atoms with Gasteiger partial charge in [-0.1, -0.05) is 0 Å². The van der Waals surface area contributed by atoms with Crippen LogP contribution in [0.15, 0.2) is 34.9 Å². The molecule has 1 heterocycles. The minimum atomic E-state index is -0.427. The van der Waals surface area contributed by atoms with Gasteiger partial charge in [0.15, 0.2) is 0 Å². The summed E-state index contributed by atoms with van der Waals surface area (Å²) in [6.07, 6.45) is 1.44. The number of aryl methyl sites for hydroxylation is 1. The van der Waals surface area contributed by atoms with E-state index in [1.54, 1.807) is 13.0 Å². The molecule has 0 aliphatic heterocycles. The number of ether oxygens (including phenoxy) is 1. The molecular weight excluding hydrogens is 237 g/mol. The summed E-state index contributed by atoms with van der Waals surface area (Å²) in [7, 11) is 1.41. The second-order valence-electron chi connectivity index (χ2n) is 3.69. The predicted molar refractivity (Wildman–Crippen MR) is 64.4 cm³/mol. The lowest BCUT2D eigenvalue weighted by molar-refractivity contribution is 0.102. The first-order chi connectivity index (χ1) is 8.61. The van der Waals surface area contributed by atoms with E-state index >= 15 is 0 Å². The zero-order chi connectivity index (χ0) is 13.1. The van der Waals surface area contributed by atoms with Crippen molar-refractivity contribution in [2.45, 2.75) is 6.92 Å². The van der Waals surface area contributed by atoms with Crippen LogP contribution in [-0.2, 0) is 0 Å². The minimum absolute atomic E-state index is 0.268. The molecule has 0 spiro atoms. The smallest absolute Gasteiger partial charge is 0.259 e. The number of benzene rings is 1. The fraction of sp³-hybridized carbons (Fsp3) is 0.154. The Kier molecular flexibility index (Phi) is 3.32. The molecule has 1 aromatic heterocycles. The number of rotatable bonds is 3. The molecule has 0 unspecified atom stereocenters. The Hall–Kier alpha value is -2.30. The van der Waals surface area contributed by atoms with Crippen LogP contribution in [0.25, 0.3) is 0 Å². The van der Waals surface area contributed by atoms with Crippen molar-refractivity contribution in [3.8, 4) is 5.75 Å². The van der Waals surface area contributed by atoms with E-state index in [1.165, 1.54) is 31.6 Å². The number of halogens is 1. The average molecular weight is 249 g/mol. The highest BCUT2D eigenvalue weighted by Gasteiger charge is 2.14. The minimum Gasteiger partial charge on any atom is -0.494 e. The molecule has 2 rings (SSSR count). The summed E-state index contributed by atoms with van der Waals surface area (Å²) in [6.45, 7) is 1.69. The summed E-state index contributed by atoms with van der Waals surface area (Å²) in [6, 6.07) is 5.47. The number of amides is 1. The lowest BCUT2D eigenvalue weighted by Crippen LogP contribution is -2.12. The maximum Gasteiger partial charge on any atom is 0.259 e. The standard InChI is InChI=1S/C13H12FNO3/c1-8-10(5-6-18-8)13(16)15-11-4-3-9(14)7-12(11)17-2/h3-7H,1-2H3,(H,15,16). The summed E-state index contributed by atoms with van der Waals surface area (Å²) < 4.78 is 23.0. The fourth-order valence-electron chi connectivity index (χ4n) is 1.58. The van der Waals surface area contributed by atoms with Gasteiger partial charge in [0.25, 0.3) is 5.91 Å². The van der Waals surface area contributed by atoms with Crippen LogP contribution >= 0.6 is 0 Å². The molecule has 0 fully saturated rings. The van der Waals surface area contributed by atoms with Crippen LogP contribution in [0.4, 0.5) is 10.1 Å². The number of carbonyl (C=O) groups excluding carboxylic acids is 1. The van der Waals surface area contributed by atoms with Crippen molar-refractivity contribution >= 4 is 11.6 Å². The Morgan fingerprint density at radius 3 is 2.78 bits per heavy atom. The molecule has 0 atom stereocenters. The summed E-state index contributed by atoms with van der Waals surface area (Å²) in [4.78, 5) is 11.9. The molecule has 0 saturated carbocycles. The monoisotopic (exact) mass is 249 g/mol. The van der Waals surface area contributed by atoms with Crippen LogP contribution in [0.3, 0.4) is 0 Å². The van der Waals surface area contributed by atoms with Crippen LogP contribution in [0.2, 0.25) is 0 Å². The van der Waals surface area contributed by atoms with Crippen molar-refractivity contribution in [3.63, 3.8) is 0 Å². The molecule has 0 aliphatic rings. The molecule has 0 aliphatic carbocycles. The van der Waals surface area contributed by atoms with Crippen molar-refractivity contribution in [1.29, 1.82) is 0 Å². The lowest BCUT2D eigenvalue weighted by atomic mass is 10.2. The molecule has 4 nitrogen and oxygen atoms in total. The second kappa shape index (κ2) is 4.91. The molecule has 94 valence electrons. The highest BCUT2D eigenvalue weighted by molar-refractivity contribution is 6.05. The third-order valence-corrected chi connectivity index (χ3v) is 2.52. The van der Waals surface area contributed by atoms with Gasteiger partial charge in [-0.25, -0.2) is 4.39 Å². The van der Waals surface area contributed by atoms with Gasteiger partial charge >= 0.3 is 0 Å². The van der Waals surface area contributed by atoms with E-state index in [0.29, 0.717) is 17.0 Å². The summed E-state index contributed by atoms with van der Waals surface area (Å²) in [5, 5.41) is 2.64. The van der Waals surface area contributed by atoms with E-state index in [0.717, 1.165) is 0 Å². The van der Waals surface area contributed by atoms with Crippen molar-refractivity contribution in [1.82, 2.24) is 0 Å². The molecule has 0 bridgehead atoms. The zero-order valence-electron chi connectivity index (χ0n) is 9.99.